The molecule has 0 spiro atoms. The van der Waals surface area contributed by atoms with E-state index in [4.69, 9.17) is 5.84 Å². The van der Waals surface area contributed by atoms with Gasteiger partial charge in [0.2, 0.25) is 0 Å². The molecule has 6 heteroatoms. The number of nitrogens with two attached hydrogens (primary N) is 1. The molecule has 0 atom stereocenters. The van der Waals surface area contributed by atoms with E-state index in [9.17, 15) is 17.6 Å². The number of hydrogen-bond donors (Lipinski definition) is 2. The maximum atomic E-state index is 14.0. The van der Waals surface area contributed by atoms with Gasteiger partial charge in [-0.2, -0.15) is 0 Å². The first-order valence-electron chi connectivity index (χ1n) is 6.93. The van der Waals surface area contributed by atoms with Crippen molar-refractivity contribution < 1.29 is 17.6 Å². The van der Waals surface area contributed by atoms with Crippen molar-refractivity contribution in [3.63, 3.8) is 0 Å². The summed E-state index contributed by atoms with van der Waals surface area (Å²) < 4.78 is 55.4. The summed E-state index contributed by atoms with van der Waals surface area (Å²) in [5.41, 5.74) is 0.917. The van der Waals surface area contributed by atoms with Gasteiger partial charge in [-0.05, 0) is 24.0 Å². The largest absolute Gasteiger partial charge is 0.319 e. The van der Waals surface area contributed by atoms with E-state index in [0.29, 0.717) is 0 Å². The fourth-order valence-electron chi connectivity index (χ4n) is 2.23. The minimum absolute atomic E-state index is 0.0663. The second-order valence-corrected chi connectivity index (χ2v) is 4.95. The molecule has 118 valence electrons. The van der Waals surface area contributed by atoms with Gasteiger partial charge in [-0.15, -0.1) is 0 Å². The lowest BCUT2D eigenvalue weighted by molar-refractivity contribution is 0.463. The molecule has 0 aromatic heterocycles. The number of aryl methyl sites for hydroxylation is 1. The van der Waals surface area contributed by atoms with Gasteiger partial charge in [0.25, 0.3) is 0 Å². The fraction of sp³-hybridized carbons (Fsp3) is 0.250. The second kappa shape index (κ2) is 6.79. The third-order valence-electron chi connectivity index (χ3n) is 3.47. The number of nitrogens with one attached hydrogen (secondary N) is 1. The van der Waals surface area contributed by atoms with Crippen molar-refractivity contribution in [2.24, 2.45) is 5.84 Å². The maximum Gasteiger partial charge on any atom is 0.187 e. The Morgan fingerprint density at radius 1 is 0.909 bits per heavy atom. The Hall–Kier alpha value is -2.08. The van der Waals surface area contributed by atoms with E-state index in [1.807, 2.05) is 0 Å². The van der Waals surface area contributed by atoms with Gasteiger partial charge in [-0.3, -0.25) is 5.84 Å². The van der Waals surface area contributed by atoms with Crippen molar-refractivity contribution in [1.82, 2.24) is 0 Å². The summed E-state index contributed by atoms with van der Waals surface area (Å²) in [4.78, 5) is 0. The van der Waals surface area contributed by atoms with Crippen LogP contribution in [0.5, 0.6) is 0 Å². The molecule has 0 aliphatic rings. The number of hydrazine groups is 1. The predicted octanol–water partition coefficient (Wildman–Crippen LogP) is 4.54. The zero-order valence-electron chi connectivity index (χ0n) is 12.0. The molecule has 0 heterocycles. The second-order valence-electron chi connectivity index (χ2n) is 4.95. The lowest BCUT2D eigenvalue weighted by atomic mass is 10.00. The summed E-state index contributed by atoms with van der Waals surface area (Å²) >= 11 is 0. The molecule has 0 saturated carbocycles. The molecular formula is C16H16F4N2. The molecule has 0 unspecified atom stereocenters. The van der Waals surface area contributed by atoms with Crippen LogP contribution in [0.15, 0.2) is 24.3 Å². The molecule has 2 aromatic carbocycles. The molecule has 22 heavy (non-hydrogen) atoms. The van der Waals surface area contributed by atoms with Crippen LogP contribution in [-0.4, -0.2) is 0 Å². The normalized spacial score (nSPS) is 10.8. The highest BCUT2D eigenvalue weighted by atomic mass is 19.2. The SMILES string of the molecule is CCCCc1ccc(-c2c(F)c(F)c(NN)c(F)c2F)cc1. The lowest BCUT2D eigenvalue weighted by Gasteiger charge is -2.12. The third kappa shape index (κ3) is 2.92. The van der Waals surface area contributed by atoms with Gasteiger partial charge < -0.3 is 5.43 Å². The summed E-state index contributed by atoms with van der Waals surface area (Å²) in [6.07, 6.45) is 2.84. The molecule has 3 N–H and O–H groups in total. The average molecular weight is 312 g/mol. The third-order valence-corrected chi connectivity index (χ3v) is 3.47. The molecule has 0 aliphatic heterocycles. The number of halogens is 4. The first-order chi connectivity index (χ1) is 10.5. The van der Waals surface area contributed by atoms with Crippen molar-refractivity contribution >= 4 is 5.69 Å². The Bertz CT molecular complexity index is 640. The molecule has 0 saturated heterocycles. The van der Waals surface area contributed by atoms with E-state index >= 15 is 0 Å². The maximum absolute atomic E-state index is 14.0. The van der Waals surface area contributed by atoms with E-state index in [1.54, 1.807) is 17.6 Å². The van der Waals surface area contributed by atoms with Crippen molar-refractivity contribution in [3.05, 3.63) is 53.1 Å². The van der Waals surface area contributed by atoms with Crippen LogP contribution in [0, 0.1) is 23.3 Å². The van der Waals surface area contributed by atoms with Crippen LogP contribution in [0.4, 0.5) is 23.2 Å². The van der Waals surface area contributed by atoms with Gasteiger partial charge in [0, 0.05) is 0 Å². The summed E-state index contributed by atoms with van der Waals surface area (Å²) in [6, 6.07) is 6.27. The van der Waals surface area contributed by atoms with E-state index < -0.39 is 34.5 Å². The first kappa shape index (κ1) is 16.3. The number of rotatable bonds is 5. The van der Waals surface area contributed by atoms with Crippen LogP contribution in [0.25, 0.3) is 11.1 Å². The minimum Gasteiger partial charge on any atom is -0.319 e. The molecule has 2 aromatic rings. The number of hydrogen-bond acceptors (Lipinski definition) is 2. The lowest BCUT2D eigenvalue weighted by Crippen LogP contribution is -2.14. The number of benzene rings is 2. The van der Waals surface area contributed by atoms with E-state index in [1.165, 1.54) is 12.1 Å². The summed E-state index contributed by atoms with van der Waals surface area (Å²) in [7, 11) is 0. The van der Waals surface area contributed by atoms with Crippen LogP contribution < -0.4 is 11.3 Å². The van der Waals surface area contributed by atoms with Gasteiger partial charge >= 0.3 is 0 Å². The summed E-state index contributed by atoms with van der Waals surface area (Å²) in [5, 5.41) is 0. The zero-order chi connectivity index (χ0) is 16.3. The Labute approximate surface area is 125 Å². The van der Waals surface area contributed by atoms with Crippen LogP contribution in [-0.2, 0) is 6.42 Å². The quantitative estimate of drug-likeness (QED) is 0.368. The van der Waals surface area contributed by atoms with E-state index in [0.717, 1.165) is 24.8 Å². The molecule has 0 amide bonds. The molecule has 0 aliphatic carbocycles. The van der Waals surface area contributed by atoms with Crippen molar-refractivity contribution in [2.45, 2.75) is 26.2 Å². The average Bonchev–Trinajstić information content (AvgIpc) is 2.53. The monoisotopic (exact) mass is 312 g/mol. The number of anilines is 1. The van der Waals surface area contributed by atoms with Gasteiger partial charge in [-0.25, -0.2) is 17.6 Å². The molecule has 2 nitrogen and oxygen atoms in total. The van der Waals surface area contributed by atoms with E-state index in [-0.39, 0.29) is 5.56 Å². The Kier molecular flexibility index (Phi) is 5.03. The molecular weight excluding hydrogens is 296 g/mol. The topological polar surface area (TPSA) is 38.0 Å². The summed E-state index contributed by atoms with van der Waals surface area (Å²) in [6.45, 7) is 2.05. The summed E-state index contributed by atoms with van der Waals surface area (Å²) in [5.74, 6) is -1.18. The molecule has 0 bridgehead atoms. The van der Waals surface area contributed by atoms with Gasteiger partial charge in [0.05, 0.1) is 5.56 Å². The van der Waals surface area contributed by atoms with Crippen LogP contribution >= 0.6 is 0 Å². The van der Waals surface area contributed by atoms with Crippen molar-refractivity contribution in [1.29, 1.82) is 0 Å². The minimum atomic E-state index is -1.55. The smallest absolute Gasteiger partial charge is 0.187 e. The van der Waals surface area contributed by atoms with Gasteiger partial charge in [-0.1, -0.05) is 37.6 Å². The standard InChI is InChI=1S/C16H16F4N2/c1-2-3-4-9-5-7-10(8-6-9)11-12(17)14(19)16(22-21)15(20)13(11)18/h5-8,22H,2-4,21H2,1H3. The molecule has 0 fully saturated rings. The van der Waals surface area contributed by atoms with Crippen LogP contribution in [0.1, 0.15) is 25.3 Å². The van der Waals surface area contributed by atoms with Crippen molar-refractivity contribution in [2.75, 3.05) is 5.43 Å². The first-order valence-corrected chi connectivity index (χ1v) is 6.93. The Morgan fingerprint density at radius 2 is 1.45 bits per heavy atom. The number of nitrogen functional groups attached to an aromatic ring is 1. The van der Waals surface area contributed by atoms with Crippen molar-refractivity contribution in [3.8, 4) is 11.1 Å². The fourth-order valence-corrected chi connectivity index (χ4v) is 2.23. The van der Waals surface area contributed by atoms with Gasteiger partial charge in [0.15, 0.2) is 23.3 Å². The Balaban J connectivity index is 2.49. The highest BCUT2D eigenvalue weighted by Gasteiger charge is 2.25. The van der Waals surface area contributed by atoms with E-state index in [2.05, 4.69) is 6.92 Å². The number of unbranched alkanes of at least 4 members (excludes halogenated alkanes) is 1. The van der Waals surface area contributed by atoms with Gasteiger partial charge in [0.1, 0.15) is 5.69 Å². The predicted molar refractivity (Wildman–Crippen MR) is 78.1 cm³/mol. The highest BCUT2D eigenvalue weighted by Crippen LogP contribution is 2.34. The Morgan fingerprint density at radius 3 is 1.91 bits per heavy atom. The molecule has 2 rings (SSSR count). The highest BCUT2D eigenvalue weighted by molar-refractivity contribution is 5.69. The van der Waals surface area contributed by atoms with Crippen LogP contribution in [0.3, 0.4) is 0 Å². The zero-order valence-corrected chi connectivity index (χ0v) is 12.0. The molecule has 0 radical (unpaired) electrons. The van der Waals surface area contributed by atoms with Crippen LogP contribution in [0.2, 0.25) is 0 Å².